The summed E-state index contributed by atoms with van der Waals surface area (Å²) in [5.74, 6) is 1.55. The first kappa shape index (κ1) is 20.9. The number of methoxy groups -OCH3 is 2. The van der Waals surface area contributed by atoms with Gasteiger partial charge in [0.2, 0.25) is 5.91 Å². The van der Waals surface area contributed by atoms with E-state index in [9.17, 15) is 4.79 Å². The zero-order chi connectivity index (χ0) is 20.8. The molecule has 29 heavy (non-hydrogen) atoms. The van der Waals surface area contributed by atoms with Crippen molar-refractivity contribution in [2.45, 2.75) is 32.2 Å². The Bertz CT molecular complexity index is 887. The van der Waals surface area contributed by atoms with Crippen LogP contribution < -0.4 is 25.0 Å². The molecule has 1 aliphatic rings. The Kier molecular flexibility index (Phi) is 6.93. The normalized spacial score (nSPS) is 14.4. The summed E-state index contributed by atoms with van der Waals surface area (Å²) in [6, 6.07) is 13.7. The van der Waals surface area contributed by atoms with Crippen molar-refractivity contribution in [1.82, 2.24) is 5.32 Å². The maximum absolute atomic E-state index is 12.0. The van der Waals surface area contributed by atoms with Gasteiger partial charge in [-0.3, -0.25) is 4.79 Å². The number of nitrogens with zero attached hydrogens (tertiary/aromatic N) is 1. The highest BCUT2D eigenvalue weighted by molar-refractivity contribution is 7.80. The van der Waals surface area contributed by atoms with Crippen LogP contribution >= 0.6 is 12.2 Å². The van der Waals surface area contributed by atoms with Gasteiger partial charge in [0, 0.05) is 24.3 Å². The zero-order valence-corrected chi connectivity index (χ0v) is 17.8. The molecule has 7 heteroatoms. The Morgan fingerprint density at radius 3 is 2.62 bits per heavy atom. The summed E-state index contributed by atoms with van der Waals surface area (Å²) in [7, 11) is 3.25. The van der Waals surface area contributed by atoms with Crippen molar-refractivity contribution in [2.24, 2.45) is 0 Å². The molecule has 3 rings (SSSR count). The van der Waals surface area contributed by atoms with E-state index in [1.807, 2.05) is 47.4 Å². The van der Waals surface area contributed by atoms with E-state index in [2.05, 4.69) is 17.6 Å². The van der Waals surface area contributed by atoms with Crippen LogP contribution in [0.3, 0.4) is 0 Å². The van der Waals surface area contributed by atoms with Crippen LogP contribution in [0, 0.1) is 0 Å². The molecule has 2 N–H and O–H groups in total. The number of thiocarbonyl (C=S) groups is 1. The quantitative estimate of drug-likeness (QED) is 0.661. The second kappa shape index (κ2) is 9.60. The van der Waals surface area contributed by atoms with Gasteiger partial charge in [-0.1, -0.05) is 19.1 Å². The van der Waals surface area contributed by atoms with Crippen LogP contribution in [0.25, 0.3) is 0 Å². The van der Waals surface area contributed by atoms with Crippen LogP contribution in [0.1, 0.15) is 37.8 Å². The minimum absolute atomic E-state index is 0.0261. The number of amides is 1. The van der Waals surface area contributed by atoms with Gasteiger partial charge in [-0.05, 0) is 61.0 Å². The van der Waals surface area contributed by atoms with Gasteiger partial charge in [-0.25, -0.2) is 0 Å². The number of hydrogen-bond acceptors (Lipinski definition) is 4. The van der Waals surface area contributed by atoms with E-state index in [0.717, 1.165) is 36.3 Å². The van der Waals surface area contributed by atoms with Gasteiger partial charge in [0.15, 0.2) is 16.6 Å². The van der Waals surface area contributed by atoms with E-state index in [1.54, 1.807) is 14.2 Å². The van der Waals surface area contributed by atoms with Gasteiger partial charge in [0.05, 0.1) is 20.3 Å². The molecule has 0 radical (unpaired) electrons. The number of carbonyl (C=O) groups is 1. The highest BCUT2D eigenvalue weighted by atomic mass is 32.1. The van der Waals surface area contributed by atoms with Crippen LogP contribution in [0.5, 0.6) is 11.5 Å². The minimum atomic E-state index is 0.0261. The van der Waals surface area contributed by atoms with Gasteiger partial charge in [0.1, 0.15) is 0 Å². The summed E-state index contributed by atoms with van der Waals surface area (Å²) in [4.78, 5) is 13.8. The molecule has 1 aliphatic heterocycles. The van der Waals surface area contributed by atoms with Gasteiger partial charge in [0.25, 0.3) is 0 Å². The fourth-order valence-electron chi connectivity index (χ4n) is 3.49. The van der Waals surface area contributed by atoms with Gasteiger partial charge in [-0.2, -0.15) is 0 Å². The Balaban J connectivity index is 1.68. The Hall–Kier alpha value is -2.80. The van der Waals surface area contributed by atoms with Crippen molar-refractivity contribution in [1.29, 1.82) is 0 Å². The smallest absolute Gasteiger partial charge is 0.227 e. The van der Waals surface area contributed by atoms with Crippen molar-refractivity contribution in [3.8, 4) is 11.5 Å². The Morgan fingerprint density at radius 1 is 1.17 bits per heavy atom. The van der Waals surface area contributed by atoms with Crippen molar-refractivity contribution in [3.05, 3.63) is 48.0 Å². The first-order valence-corrected chi connectivity index (χ1v) is 10.2. The highest BCUT2D eigenvalue weighted by Gasteiger charge is 2.22. The first-order valence-electron chi connectivity index (χ1n) is 9.75. The topological polar surface area (TPSA) is 62.8 Å². The molecule has 1 fully saturated rings. The number of anilines is 2. The van der Waals surface area contributed by atoms with E-state index in [1.165, 1.54) is 0 Å². The average molecular weight is 414 g/mol. The molecule has 0 saturated carbocycles. The molecule has 0 unspecified atom stereocenters. The second-order valence-electron chi connectivity index (χ2n) is 6.87. The largest absolute Gasteiger partial charge is 0.493 e. The van der Waals surface area contributed by atoms with Crippen LogP contribution in [0.4, 0.5) is 11.4 Å². The van der Waals surface area contributed by atoms with Crippen LogP contribution in [0.15, 0.2) is 42.5 Å². The fraction of sp³-hybridized carbons (Fsp3) is 0.364. The van der Waals surface area contributed by atoms with Gasteiger partial charge in [-0.15, -0.1) is 0 Å². The molecule has 0 aromatic heterocycles. The van der Waals surface area contributed by atoms with E-state index in [4.69, 9.17) is 21.7 Å². The van der Waals surface area contributed by atoms with Crippen molar-refractivity contribution < 1.29 is 14.3 Å². The summed E-state index contributed by atoms with van der Waals surface area (Å²) < 4.78 is 10.7. The molecule has 2 aromatic carbocycles. The number of benzene rings is 2. The third-order valence-electron chi connectivity index (χ3n) is 5.01. The lowest BCUT2D eigenvalue weighted by Crippen LogP contribution is -2.32. The van der Waals surface area contributed by atoms with Crippen molar-refractivity contribution in [2.75, 3.05) is 31.0 Å². The van der Waals surface area contributed by atoms with Gasteiger partial charge >= 0.3 is 0 Å². The van der Waals surface area contributed by atoms with Crippen molar-refractivity contribution in [3.63, 3.8) is 0 Å². The standard InChI is InChI=1S/C22H27N3O3S/c1-4-18(15-10-11-19(27-2)20(13-15)28-3)24-22(29)23-16-7-5-8-17(14-16)25-12-6-9-21(25)26/h5,7-8,10-11,13-14,18H,4,6,9,12H2,1-3H3,(H2,23,24,29)/t18-/m1/s1. The predicted molar refractivity (Wildman–Crippen MR) is 120 cm³/mol. The molecule has 154 valence electrons. The molecule has 1 amide bonds. The highest BCUT2D eigenvalue weighted by Crippen LogP contribution is 2.31. The zero-order valence-electron chi connectivity index (χ0n) is 17.0. The van der Waals surface area contributed by atoms with Gasteiger partial charge < -0.3 is 25.0 Å². The summed E-state index contributed by atoms with van der Waals surface area (Å²) in [6.07, 6.45) is 2.36. The molecule has 1 atom stereocenters. The molecular formula is C22H27N3O3S. The lowest BCUT2D eigenvalue weighted by atomic mass is 10.0. The molecule has 1 saturated heterocycles. The molecule has 0 bridgehead atoms. The minimum Gasteiger partial charge on any atom is -0.493 e. The monoisotopic (exact) mass is 413 g/mol. The van der Waals surface area contributed by atoms with Crippen LogP contribution in [-0.4, -0.2) is 31.8 Å². The lowest BCUT2D eigenvalue weighted by Gasteiger charge is -2.22. The molecule has 0 aliphatic carbocycles. The second-order valence-corrected chi connectivity index (χ2v) is 7.28. The van der Waals surface area contributed by atoms with E-state index in [-0.39, 0.29) is 11.9 Å². The van der Waals surface area contributed by atoms with E-state index in [0.29, 0.717) is 23.0 Å². The van der Waals surface area contributed by atoms with Crippen LogP contribution in [-0.2, 0) is 4.79 Å². The Morgan fingerprint density at radius 2 is 1.97 bits per heavy atom. The fourth-order valence-corrected chi connectivity index (χ4v) is 3.75. The van der Waals surface area contributed by atoms with E-state index < -0.39 is 0 Å². The molecule has 2 aromatic rings. The first-order chi connectivity index (χ1) is 14.0. The molecule has 6 nitrogen and oxygen atoms in total. The number of ether oxygens (including phenoxy) is 2. The molecule has 0 spiro atoms. The maximum atomic E-state index is 12.0. The molecule has 1 heterocycles. The number of rotatable bonds is 7. The van der Waals surface area contributed by atoms with Crippen molar-refractivity contribution >= 4 is 34.6 Å². The lowest BCUT2D eigenvalue weighted by molar-refractivity contribution is -0.117. The Labute approximate surface area is 177 Å². The average Bonchev–Trinajstić information content (AvgIpc) is 3.17. The number of hydrogen-bond donors (Lipinski definition) is 2. The number of nitrogens with one attached hydrogen (secondary N) is 2. The summed E-state index contributed by atoms with van der Waals surface area (Å²) in [6.45, 7) is 2.86. The van der Waals surface area contributed by atoms with E-state index >= 15 is 0 Å². The third-order valence-corrected chi connectivity index (χ3v) is 5.23. The summed E-state index contributed by atoms with van der Waals surface area (Å²) in [5, 5.41) is 7.12. The maximum Gasteiger partial charge on any atom is 0.227 e. The summed E-state index contributed by atoms with van der Waals surface area (Å²) >= 11 is 5.53. The van der Waals surface area contributed by atoms with Crippen LogP contribution in [0.2, 0.25) is 0 Å². The molecular weight excluding hydrogens is 386 g/mol. The third kappa shape index (κ3) is 4.98. The predicted octanol–water partition coefficient (Wildman–Crippen LogP) is 4.27. The number of carbonyl (C=O) groups excluding carboxylic acids is 1. The summed E-state index contributed by atoms with van der Waals surface area (Å²) in [5.41, 5.74) is 2.81. The SMILES string of the molecule is CC[C@@H](NC(=S)Nc1cccc(N2CCCC2=O)c1)c1ccc(OC)c(OC)c1.